The zero-order chi connectivity index (χ0) is 19.2. The Bertz CT molecular complexity index is 975. The quantitative estimate of drug-likeness (QED) is 0.509. The molecule has 3 aromatic rings. The van der Waals surface area contributed by atoms with Gasteiger partial charge in [-0.3, -0.25) is 14.4 Å². The summed E-state index contributed by atoms with van der Waals surface area (Å²) in [6.07, 6.45) is -0.0695. The summed E-state index contributed by atoms with van der Waals surface area (Å²) >= 11 is 0. The highest BCUT2D eigenvalue weighted by Crippen LogP contribution is 2.18. The number of ether oxygens (including phenoxy) is 1. The summed E-state index contributed by atoms with van der Waals surface area (Å²) in [6, 6.07) is 14.0. The van der Waals surface area contributed by atoms with Gasteiger partial charge < -0.3 is 14.6 Å². The summed E-state index contributed by atoms with van der Waals surface area (Å²) in [6.45, 7) is 1.48. The molecule has 0 saturated heterocycles. The Balaban J connectivity index is 1.52. The number of carbonyl (C=O) groups excluding carboxylic acids is 3. The molecule has 1 amide bonds. The third-order valence-electron chi connectivity index (χ3n) is 3.95. The van der Waals surface area contributed by atoms with Gasteiger partial charge in [-0.15, -0.1) is 0 Å². The lowest BCUT2D eigenvalue weighted by molar-refractivity contribution is -0.141. The zero-order valence-electron chi connectivity index (χ0n) is 14.7. The summed E-state index contributed by atoms with van der Waals surface area (Å²) in [7, 11) is 0. The molecule has 2 aromatic carbocycles. The number of Topliss-reactive ketones (excluding diaryl/α,β-unsaturated/α-hetero) is 1. The van der Waals surface area contributed by atoms with Crippen molar-refractivity contribution in [1.82, 2.24) is 10.5 Å². The third kappa shape index (κ3) is 4.78. The van der Waals surface area contributed by atoms with Gasteiger partial charge in [0.25, 0.3) is 0 Å². The highest BCUT2D eigenvalue weighted by atomic mass is 16.5. The lowest BCUT2D eigenvalue weighted by Crippen LogP contribution is -2.19. The first-order chi connectivity index (χ1) is 13.0. The molecule has 1 heterocycles. The number of ketones is 1. The van der Waals surface area contributed by atoms with E-state index in [1.54, 1.807) is 30.3 Å². The van der Waals surface area contributed by atoms with Gasteiger partial charge in [0.05, 0.1) is 6.42 Å². The van der Waals surface area contributed by atoms with Crippen molar-refractivity contribution in [3.8, 4) is 0 Å². The van der Waals surface area contributed by atoms with Gasteiger partial charge in [0.15, 0.2) is 18.0 Å². The second-order valence-corrected chi connectivity index (χ2v) is 5.99. The number of hydrogen-bond donors (Lipinski definition) is 1. The molecular weight excluding hydrogens is 348 g/mol. The van der Waals surface area contributed by atoms with Gasteiger partial charge in [-0.1, -0.05) is 41.6 Å². The molecule has 7 heteroatoms. The Hall–Kier alpha value is -3.48. The minimum absolute atomic E-state index is 0.0695. The topological polar surface area (TPSA) is 98.5 Å². The van der Waals surface area contributed by atoms with Crippen LogP contribution in [0.25, 0.3) is 11.0 Å². The van der Waals surface area contributed by atoms with Gasteiger partial charge in [-0.25, -0.2) is 0 Å². The molecule has 0 spiro atoms. The van der Waals surface area contributed by atoms with Crippen molar-refractivity contribution in [2.45, 2.75) is 19.9 Å². The van der Waals surface area contributed by atoms with Crippen LogP contribution in [0.4, 0.5) is 0 Å². The Kier molecular flexibility index (Phi) is 5.61. The molecule has 1 aromatic heterocycles. The minimum Gasteiger partial charge on any atom is -0.457 e. The maximum Gasteiger partial charge on any atom is 0.312 e. The molecule has 0 atom stereocenters. The molecule has 138 valence electrons. The molecule has 0 bridgehead atoms. The van der Waals surface area contributed by atoms with Crippen LogP contribution in [0.15, 0.2) is 53.1 Å². The fourth-order valence-electron chi connectivity index (χ4n) is 2.52. The molecule has 0 unspecified atom stereocenters. The average molecular weight is 366 g/mol. The van der Waals surface area contributed by atoms with E-state index >= 15 is 0 Å². The zero-order valence-corrected chi connectivity index (χ0v) is 14.7. The van der Waals surface area contributed by atoms with Crippen LogP contribution in [0, 0.1) is 0 Å². The smallest absolute Gasteiger partial charge is 0.312 e. The SMILES string of the molecule is CC(=O)NCc1ccc(C(=O)COC(=O)Cc2noc3ccccc23)cc1. The van der Waals surface area contributed by atoms with Gasteiger partial charge in [-0.2, -0.15) is 0 Å². The minimum atomic E-state index is -0.551. The average Bonchev–Trinajstić information content (AvgIpc) is 3.08. The van der Waals surface area contributed by atoms with Crippen LogP contribution < -0.4 is 5.32 Å². The van der Waals surface area contributed by atoms with E-state index in [1.807, 2.05) is 18.2 Å². The Morgan fingerprint density at radius 3 is 2.56 bits per heavy atom. The van der Waals surface area contributed by atoms with Gasteiger partial charge in [0.2, 0.25) is 5.91 Å². The molecule has 7 nitrogen and oxygen atoms in total. The standard InChI is InChI=1S/C20H18N2O5/c1-13(23)21-11-14-6-8-15(9-7-14)18(24)12-26-20(25)10-17-16-4-2-3-5-19(16)27-22-17/h2-9H,10-12H2,1H3,(H,21,23). The van der Waals surface area contributed by atoms with Gasteiger partial charge in [0.1, 0.15) is 5.69 Å². The van der Waals surface area contributed by atoms with E-state index in [2.05, 4.69) is 10.5 Å². The number of nitrogens with one attached hydrogen (secondary N) is 1. The maximum atomic E-state index is 12.2. The van der Waals surface area contributed by atoms with Gasteiger partial charge in [-0.05, 0) is 17.7 Å². The molecule has 3 rings (SSSR count). The van der Waals surface area contributed by atoms with E-state index in [4.69, 9.17) is 9.26 Å². The number of aromatic nitrogens is 1. The largest absolute Gasteiger partial charge is 0.457 e. The predicted octanol–water partition coefficient (Wildman–Crippen LogP) is 2.43. The first-order valence-electron chi connectivity index (χ1n) is 8.38. The number of nitrogens with zero attached hydrogens (tertiary/aromatic N) is 1. The van der Waals surface area contributed by atoms with E-state index in [1.165, 1.54) is 6.92 Å². The van der Waals surface area contributed by atoms with Crippen LogP contribution in [0.2, 0.25) is 0 Å². The van der Waals surface area contributed by atoms with Gasteiger partial charge in [0, 0.05) is 24.4 Å². The first kappa shape index (κ1) is 18.3. The number of para-hydroxylation sites is 1. The molecule has 0 saturated carbocycles. The van der Waals surface area contributed by atoms with E-state index in [0.717, 1.165) is 10.9 Å². The fraction of sp³-hybridized carbons (Fsp3) is 0.200. The van der Waals surface area contributed by atoms with Crippen molar-refractivity contribution in [3.05, 3.63) is 65.4 Å². The Morgan fingerprint density at radius 1 is 1.07 bits per heavy atom. The molecule has 27 heavy (non-hydrogen) atoms. The van der Waals surface area contributed by atoms with Crippen molar-refractivity contribution in [2.24, 2.45) is 0 Å². The van der Waals surface area contributed by atoms with Crippen LogP contribution in [0.3, 0.4) is 0 Å². The van der Waals surface area contributed by atoms with E-state index < -0.39 is 5.97 Å². The summed E-state index contributed by atoms with van der Waals surface area (Å²) in [5, 5.41) is 7.29. The van der Waals surface area contributed by atoms with Crippen LogP contribution in [-0.2, 0) is 27.3 Å². The van der Waals surface area contributed by atoms with E-state index in [-0.39, 0.29) is 24.7 Å². The molecular formula is C20H18N2O5. The van der Waals surface area contributed by atoms with Crippen molar-refractivity contribution >= 4 is 28.6 Å². The Morgan fingerprint density at radius 2 is 1.81 bits per heavy atom. The second kappa shape index (κ2) is 8.27. The maximum absolute atomic E-state index is 12.2. The van der Waals surface area contributed by atoms with Crippen LogP contribution in [0.1, 0.15) is 28.5 Å². The summed E-state index contributed by atoms with van der Waals surface area (Å²) < 4.78 is 10.2. The molecule has 0 fully saturated rings. The number of fused-ring (bicyclic) bond motifs is 1. The highest BCUT2D eigenvalue weighted by Gasteiger charge is 2.15. The molecule has 0 aliphatic heterocycles. The lowest BCUT2D eigenvalue weighted by Gasteiger charge is -2.05. The monoisotopic (exact) mass is 366 g/mol. The Labute approximate surface area is 155 Å². The summed E-state index contributed by atoms with van der Waals surface area (Å²) in [5.41, 5.74) is 2.37. The third-order valence-corrected chi connectivity index (χ3v) is 3.95. The second-order valence-electron chi connectivity index (χ2n) is 5.99. The number of carbonyl (C=O) groups is 3. The summed E-state index contributed by atoms with van der Waals surface area (Å²) in [5.74, 6) is -0.980. The number of benzene rings is 2. The predicted molar refractivity (Wildman–Crippen MR) is 97.0 cm³/mol. The normalized spacial score (nSPS) is 10.6. The van der Waals surface area contributed by atoms with Crippen molar-refractivity contribution in [2.75, 3.05) is 6.61 Å². The number of esters is 1. The molecule has 0 radical (unpaired) electrons. The fourth-order valence-corrected chi connectivity index (χ4v) is 2.52. The van der Waals surface area contributed by atoms with Gasteiger partial charge >= 0.3 is 5.97 Å². The number of amides is 1. The first-order valence-corrected chi connectivity index (χ1v) is 8.38. The van der Waals surface area contributed by atoms with Crippen molar-refractivity contribution in [3.63, 3.8) is 0 Å². The molecule has 1 N–H and O–H groups in total. The molecule has 0 aliphatic carbocycles. The van der Waals surface area contributed by atoms with E-state index in [9.17, 15) is 14.4 Å². The van der Waals surface area contributed by atoms with Crippen LogP contribution >= 0.6 is 0 Å². The van der Waals surface area contributed by atoms with Crippen LogP contribution in [-0.4, -0.2) is 29.4 Å². The lowest BCUT2D eigenvalue weighted by atomic mass is 10.1. The molecule has 0 aliphatic rings. The highest BCUT2D eigenvalue weighted by molar-refractivity contribution is 5.98. The summed E-state index contributed by atoms with van der Waals surface area (Å²) in [4.78, 5) is 35.1. The van der Waals surface area contributed by atoms with E-state index in [0.29, 0.717) is 23.4 Å². The number of hydrogen-bond acceptors (Lipinski definition) is 6. The van der Waals surface area contributed by atoms with Crippen molar-refractivity contribution < 1.29 is 23.6 Å². The number of rotatable bonds is 7. The van der Waals surface area contributed by atoms with Crippen LogP contribution in [0.5, 0.6) is 0 Å². The van der Waals surface area contributed by atoms with Crippen molar-refractivity contribution in [1.29, 1.82) is 0 Å².